The second kappa shape index (κ2) is 8.45. The number of nitrogens with one attached hydrogen (secondary N) is 2. The van der Waals surface area contributed by atoms with Crippen LogP contribution in [0.2, 0.25) is 0 Å². The Morgan fingerprint density at radius 2 is 2.30 bits per heavy atom. The number of rotatable bonds is 7. The van der Waals surface area contributed by atoms with Crippen molar-refractivity contribution in [2.75, 3.05) is 13.1 Å². The number of likely N-dealkylation sites (tertiary alicyclic amines) is 1. The average Bonchev–Trinajstić information content (AvgIpc) is 3.44. The highest BCUT2D eigenvalue weighted by atomic mass is 32.1. The number of imidazole rings is 1. The number of aromatic amines is 1. The molecule has 4 heterocycles. The van der Waals surface area contributed by atoms with Gasteiger partial charge in [0.25, 0.3) is 5.91 Å². The van der Waals surface area contributed by atoms with Gasteiger partial charge in [0.2, 0.25) is 0 Å². The number of aromatic nitrogens is 3. The zero-order valence-electron chi connectivity index (χ0n) is 15.1. The summed E-state index contributed by atoms with van der Waals surface area (Å²) in [5, 5.41) is 3.00. The molecule has 2 N–H and O–H groups in total. The Labute approximate surface area is 162 Å². The van der Waals surface area contributed by atoms with Gasteiger partial charge in [0.05, 0.1) is 11.2 Å². The van der Waals surface area contributed by atoms with Crippen LogP contribution in [0.3, 0.4) is 0 Å². The first-order chi connectivity index (χ1) is 13.3. The average molecular weight is 382 g/mol. The highest BCUT2D eigenvalue weighted by Gasteiger charge is 2.28. The summed E-state index contributed by atoms with van der Waals surface area (Å²) in [6, 6.07) is 10.3. The van der Waals surface area contributed by atoms with Gasteiger partial charge >= 0.3 is 0 Å². The molecule has 7 heteroatoms. The van der Waals surface area contributed by atoms with Gasteiger partial charge in [-0.05, 0) is 43.7 Å². The number of hydrogen-bond acceptors (Lipinski definition) is 5. The number of H-pyrrole nitrogens is 1. The van der Waals surface area contributed by atoms with Crippen LogP contribution in [-0.2, 0) is 13.0 Å². The van der Waals surface area contributed by atoms with E-state index in [1.54, 1.807) is 23.9 Å². The third-order valence-corrected chi connectivity index (χ3v) is 6.05. The summed E-state index contributed by atoms with van der Waals surface area (Å²) in [5.41, 5.74) is 2.12. The number of thiophene rings is 1. The van der Waals surface area contributed by atoms with E-state index in [0.29, 0.717) is 12.6 Å². The monoisotopic (exact) mass is 381 g/mol. The van der Waals surface area contributed by atoms with E-state index >= 15 is 0 Å². The van der Waals surface area contributed by atoms with Crippen LogP contribution >= 0.6 is 11.3 Å². The predicted octanol–water partition coefficient (Wildman–Crippen LogP) is 3.18. The van der Waals surface area contributed by atoms with Crippen molar-refractivity contribution in [3.63, 3.8) is 0 Å². The van der Waals surface area contributed by atoms with Gasteiger partial charge in [0.1, 0.15) is 0 Å². The molecule has 0 aliphatic carbocycles. The number of carbonyl (C=O) groups is 1. The molecule has 0 saturated carbocycles. The highest BCUT2D eigenvalue weighted by Crippen LogP contribution is 2.36. The third kappa shape index (κ3) is 4.43. The van der Waals surface area contributed by atoms with E-state index in [9.17, 15) is 4.79 Å². The fourth-order valence-electron chi connectivity index (χ4n) is 3.52. The molecule has 140 valence electrons. The minimum absolute atomic E-state index is 0.000274. The van der Waals surface area contributed by atoms with Crippen LogP contribution < -0.4 is 5.32 Å². The minimum Gasteiger partial charge on any atom is -0.351 e. The molecule has 1 aliphatic rings. The topological polar surface area (TPSA) is 73.9 Å². The number of amides is 1. The Bertz CT molecular complexity index is 862. The Morgan fingerprint density at radius 1 is 1.33 bits per heavy atom. The lowest BCUT2D eigenvalue weighted by atomic mass is 10.2. The van der Waals surface area contributed by atoms with Crippen LogP contribution in [0.5, 0.6) is 0 Å². The maximum atomic E-state index is 12.5. The second-order valence-corrected chi connectivity index (χ2v) is 7.85. The molecule has 27 heavy (non-hydrogen) atoms. The van der Waals surface area contributed by atoms with Crippen LogP contribution in [0.4, 0.5) is 0 Å². The van der Waals surface area contributed by atoms with Gasteiger partial charge in [-0.1, -0.05) is 6.07 Å². The molecule has 6 nitrogen and oxygen atoms in total. The lowest BCUT2D eigenvalue weighted by molar-refractivity contribution is 0.0958. The van der Waals surface area contributed by atoms with Crippen molar-refractivity contribution >= 4 is 17.2 Å². The van der Waals surface area contributed by atoms with Crippen LogP contribution in [0.1, 0.15) is 44.8 Å². The van der Waals surface area contributed by atoms with Crippen molar-refractivity contribution in [3.05, 3.63) is 70.2 Å². The molecule has 3 aromatic heterocycles. The first-order valence-electron chi connectivity index (χ1n) is 9.29. The summed E-state index contributed by atoms with van der Waals surface area (Å²) in [6.07, 6.45) is 8.44. The smallest absolute Gasteiger partial charge is 0.261 e. The Kier molecular flexibility index (Phi) is 5.60. The Morgan fingerprint density at radius 3 is 3.11 bits per heavy atom. The van der Waals surface area contributed by atoms with Gasteiger partial charge in [0, 0.05) is 54.2 Å². The number of nitrogens with zero attached hydrogens (tertiary/aromatic N) is 3. The summed E-state index contributed by atoms with van der Waals surface area (Å²) in [4.78, 5) is 28.5. The number of pyridine rings is 1. The molecule has 0 bridgehead atoms. The maximum Gasteiger partial charge on any atom is 0.261 e. The summed E-state index contributed by atoms with van der Waals surface area (Å²) in [5.74, 6) is 0.000274. The molecule has 1 unspecified atom stereocenters. The lowest BCUT2D eigenvalue weighted by Gasteiger charge is -2.22. The highest BCUT2D eigenvalue weighted by molar-refractivity contribution is 7.14. The van der Waals surface area contributed by atoms with E-state index in [1.165, 1.54) is 11.3 Å². The van der Waals surface area contributed by atoms with Crippen molar-refractivity contribution in [2.45, 2.75) is 31.8 Å². The minimum atomic E-state index is 0.000274. The molecule has 1 fully saturated rings. The van der Waals surface area contributed by atoms with Crippen molar-refractivity contribution in [1.82, 2.24) is 25.2 Å². The predicted molar refractivity (Wildman–Crippen MR) is 106 cm³/mol. The van der Waals surface area contributed by atoms with Gasteiger partial charge < -0.3 is 10.3 Å². The molecule has 1 saturated heterocycles. The fraction of sp³-hybridized carbons (Fsp3) is 0.350. The standard InChI is InChI=1S/C20H23N5OS/c26-20(23-10-8-15-4-1-2-9-22-15)19-7-6-18(27-19)17-5-3-11-25(17)13-16-12-21-14-24-16/h1-2,4,6-7,9,12,14,17H,3,5,8,10-11,13H2,(H,21,24)(H,23,26). The van der Waals surface area contributed by atoms with Crippen LogP contribution in [0.15, 0.2) is 49.1 Å². The van der Waals surface area contributed by atoms with E-state index < -0.39 is 0 Å². The van der Waals surface area contributed by atoms with Crippen molar-refractivity contribution in [2.24, 2.45) is 0 Å². The van der Waals surface area contributed by atoms with Crippen LogP contribution in [-0.4, -0.2) is 38.8 Å². The lowest BCUT2D eigenvalue weighted by Crippen LogP contribution is -2.25. The first kappa shape index (κ1) is 17.9. The molecule has 0 spiro atoms. The quantitative estimate of drug-likeness (QED) is 0.659. The first-order valence-corrected chi connectivity index (χ1v) is 10.1. The van der Waals surface area contributed by atoms with Gasteiger partial charge in [0.15, 0.2) is 0 Å². The van der Waals surface area contributed by atoms with Gasteiger partial charge in [-0.25, -0.2) is 4.98 Å². The SMILES string of the molecule is O=C(NCCc1ccccn1)c1ccc(C2CCCN2Cc2cnc[nH]2)s1. The molecule has 0 aromatic carbocycles. The molecular formula is C20H23N5OS. The van der Waals surface area contributed by atoms with Gasteiger partial charge in [-0.3, -0.25) is 14.7 Å². The van der Waals surface area contributed by atoms with Gasteiger partial charge in [-0.2, -0.15) is 0 Å². The normalized spacial score (nSPS) is 17.3. The Balaban J connectivity index is 1.34. The Hall–Kier alpha value is -2.51. The van der Waals surface area contributed by atoms with E-state index in [4.69, 9.17) is 0 Å². The van der Waals surface area contributed by atoms with E-state index in [-0.39, 0.29) is 5.91 Å². The zero-order valence-corrected chi connectivity index (χ0v) is 15.9. The summed E-state index contributed by atoms with van der Waals surface area (Å²) >= 11 is 1.61. The van der Waals surface area contributed by atoms with Crippen molar-refractivity contribution in [1.29, 1.82) is 0 Å². The number of carbonyl (C=O) groups excluding carboxylic acids is 1. The fourth-order valence-corrected chi connectivity index (χ4v) is 4.61. The summed E-state index contributed by atoms with van der Waals surface area (Å²) < 4.78 is 0. The maximum absolute atomic E-state index is 12.5. The third-order valence-electron chi connectivity index (χ3n) is 4.86. The van der Waals surface area contributed by atoms with Crippen LogP contribution in [0.25, 0.3) is 0 Å². The summed E-state index contributed by atoms with van der Waals surface area (Å²) in [6.45, 7) is 2.54. The van der Waals surface area contributed by atoms with E-state index in [1.807, 2.05) is 30.5 Å². The molecule has 1 amide bonds. The van der Waals surface area contributed by atoms with Crippen molar-refractivity contribution < 1.29 is 4.79 Å². The van der Waals surface area contributed by atoms with Crippen LogP contribution in [0, 0.1) is 0 Å². The van der Waals surface area contributed by atoms with E-state index in [2.05, 4.69) is 31.2 Å². The zero-order chi connectivity index (χ0) is 18.5. The second-order valence-electron chi connectivity index (χ2n) is 6.73. The molecule has 0 radical (unpaired) electrons. The molecule has 1 aliphatic heterocycles. The molecule has 3 aromatic rings. The largest absolute Gasteiger partial charge is 0.351 e. The van der Waals surface area contributed by atoms with Crippen molar-refractivity contribution in [3.8, 4) is 0 Å². The molecular weight excluding hydrogens is 358 g/mol. The molecule has 1 atom stereocenters. The summed E-state index contributed by atoms with van der Waals surface area (Å²) in [7, 11) is 0. The van der Waals surface area contributed by atoms with E-state index in [0.717, 1.165) is 42.2 Å². The van der Waals surface area contributed by atoms with Gasteiger partial charge in [-0.15, -0.1) is 11.3 Å². The molecule has 4 rings (SSSR count). The number of hydrogen-bond donors (Lipinski definition) is 2.